The number of hydrogen-bond acceptors (Lipinski definition) is 5. The molecule has 0 aliphatic carbocycles. The van der Waals surface area contributed by atoms with Crippen molar-refractivity contribution in [3.63, 3.8) is 0 Å². The van der Waals surface area contributed by atoms with E-state index in [2.05, 4.69) is 20.0 Å². The minimum absolute atomic E-state index is 0.0344. The third-order valence-electron chi connectivity index (χ3n) is 4.08. The Morgan fingerprint density at radius 2 is 1.72 bits per heavy atom. The molecule has 0 saturated carbocycles. The van der Waals surface area contributed by atoms with Crippen LogP contribution in [0.4, 0.5) is 10.1 Å². The smallest absolute Gasteiger partial charge is 0.240 e. The van der Waals surface area contributed by atoms with Gasteiger partial charge < -0.3 is 5.32 Å². The number of nitrogens with zero attached hydrogens (tertiary/aromatic N) is 2. The van der Waals surface area contributed by atoms with Crippen molar-refractivity contribution in [3.05, 3.63) is 72.4 Å². The molecule has 7 nitrogen and oxygen atoms in total. The van der Waals surface area contributed by atoms with Gasteiger partial charge in [0.1, 0.15) is 12.1 Å². The molecule has 0 spiro atoms. The molecule has 3 aromatic rings. The molecule has 0 unspecified atom stereocenters. The van der Waals surface area contributed by atoms with Gasteiger partial charge in [0.15, 0.2) is 0 Å². The van der Waals surface area contributed by atoms with E-state index in [0.717, 1.165) is 0 Å². The predicted octanol–water partition coefficient (Wildman–Crippen LogP) is 3.11. The van der Waals surface area contributed by atoms with Gasteiger partial charge in [-0.05, 0) is 54.6 Å². The zero-order valence-corrected chi connectivity index (χ0v) is 16.4. The number of nitrogens with one attached hydrogen (secondary N) is 2. The Balaban J connectivity index is 1.69. The summed E-state index contributed by atoms with van der Waals surface area (Å²) in [5.74, 6) is -0.504. The summed E-state index contributed by atoms with van der Waals surface area (Å²) in [6.45, 7) is 1.69. The first-order chi connectivity index (χ1) is 13.9. The number of hydrogen-bond donors (Lipinski definition) is 2. The Labute approximate surface area is 168 Å². The number of benzene rings is 2. The van der Waals surface area contributed by atoms with Crippen LogP contribution in [0.15, 0.2) is 65.8 Å². The minimum Gasteiger partial charge on any atom is -0.326 e. The Morgan fingerprint density at radius 1 is 1.03 bits per heavy atom. The van der Waals surface area contributed by atoms with E-state index in [-0.39, 0.29) is 23.2 Å². The number of aromatic nitrogens is 2. The van der Waals surface area contributed by atoms with Gasteiger partial charge in [0, 0.05) is 17.7 Å². The number of halogens is 1. The SMILES string of the molecule is CCC(=O)Nc1ccc(S(=O)(=O)NCc2cc(-c3ccc(F)cc3)ncn2)cc1. The average molecular weight is 414 g/mol. The zero-order chi connectivity index (χ0) is 20.9. The van der Waals surface area contributed by atoms with Crippen molar-refractivity contribution in [1.29, 1.82) is 0 Å². The molecule has 29 heavy (non-hydrogen) atoms. The highest BCUT2D eigenvalue weighted by molar-refractivity contribution is 7.89. The predicted molar refractivity (Wildman–Crippen MR) is 107 cm³/mol. The van der Waals surface area contributed by atoms with E-state index in [0.29, 0.717) is 29.1 Å². The van der Waals surface area contributed by atoms with Crippen LogP contribution in [-0.4, -0.2) is 24.3 Å². The summed E-state index contributed by atoms with van der Waals surface area (Å²) in [5, 5.41) is 2.66. The van der Waals surface area contributed by atoms with Crippen LogP contribution in [0.1, 0.15) is 19.0 Å². The van der Waals surface area contributed by atoms with Gasteiger partial charge in [-0.15, -0.1) is 0 Å². The highest BCUT2D eigenvalue weighted by Crippen LogP contribution is 2.18. The van der Waals surface area contributed by atoms with Gasteiger partial charge in [0.05, 0.1) is 22.8 Å². The molecule has 0 saturated heterocycles. The quantitative estimate of drug-likeness (QED) is 0.619. The van der Waals surface area contributed by atoms with Crippen molar-refractivity contribution in [2.24, 2.45) is 0 Å². The largest absolute Gasteiger partial charge is 0.326 e. The molecule has 0 atom stereocenters. The Bertz CT molecular complexity index is 1100. The van der Waals surface area contributed by atoms with Crippen molar-refractivity contribution in [2.45, 2.75) is 24.8 Å². The van der Waals surface area contributed by atoms with Crippen LogP contribution in [0.2, 0.25) is 0 Å². The standard InChI is InChI=1S/C20H19FN4O3S/c1-2-20(26)25-16-7-9-18(10-8-16)29(27,28)24-12-17-11-19(23-13-22-17)14-3-5-15(21)6-4-14/h3-11,13,24H,2,12H2,1H3,(H,25,26). The van der Waals surface area contributed by atoms with Crippen molar-refractivity contribution in [2.75, 3.05) is 5.32 Å². The van der Waals surface area contributed by atoms with Crippen LogP contribution in [0.5, 0.6) is 0 Å². The van der Waals surface area contributed by atoms with Crippen LogP contribution in [0.3, 0.4) is 0 Å². The lowest BCUT2D eigenvalue weighted by Crippen LogP contribution is -2.23. The first-order valence-corrected chi connectivity index (χ1v) is 10.3. The molecule has 0 aliphatic rings. The molecule has 0 bridgehead atoms. The summed E-state index contributed by atoms with van der Waals surface area (Å²) in [5.41, 5.74) is 2.25. The van der Waals surface area contributed by atoms with Crippen LogP contribution < -0.4 is 10.0 Å². The van der Waals surface area contributed by atoms with E-state index in [4.69, 9.17) is 0 Å². The molecule has 9 heteroatoms. The number of carbonyl (C=O) groups excluding carboxylic acids is 1. The third-order valence-corrected chi connectivity index (χ3v) is 5.49. The zero-order valence-electron chi connectivity index (χ0n) is 15.6. The Morgan fingerprint density at radius 3 is 2.38 bits per heavy atom. The first kappa shape index (κ1) is 20.6. The summed E-state index contributed by atoms with van der Waals surface area (Å²) in [7, 11) is -3.77. The van der Waals surface area contributed by atoms with Gasteiger partial charge in [-0.1, -0.05) is 6.92 Å². The number of sulfonamides is 1. The van der Waals surface area contributed by atoms with Crippen molar-refractivity contribution < 1.29 is 17.6 Å². The molecule has 2 N–H and O–H groups in total. The fourth-order valence-corrected chi connectivity index (χ4v) is 3.49. The van der Waals surface area contributed by atoms with E-state index in [9.17, 15) is 17.6 Å². The summed E-state index contributed by atoms with van der Waals surface area (Å²) < 4.78 is 40.6. The third kappa shape index (κ3) is 5.43. The van der Waals surface area contributed by atoms with Crippen LogP contribution in [0, 0.1) is 5.82 Å². The fraction of sp³-hybridized carbons (Fsp3) is 0.150. The van der Waals surface area contributed by atoms with E-state index < -0.39 is 10.0 Å². The molecule has 1 amide bonds. The number of amides is 1. The van der Waals surface area contributed by atoms with Crippen LogP contribution in [0.25, 0.3) is 11.3 Å². The Kier molecular flexibility index (Phi) is 6.30. The maximum atomic E-state index is 13.1. The first-order valence-electron chi connectivity index (χ1n) is 8.84. The maximum Gasteiger partial charge on any atom is 0.240 e. The summed E-state index contributed by atoms with van der Waals surface area (Å²) in [4.78, 5) is 19.7. The Hall–Kier alpha value is -3.17. The fourth-order valence-electron chi connectivity index (χ4n) is 2.49. The molecule has 2 aromatic carbocycles. The second kappa shape index (κ2) is 8.89. The van der Waals surface area contributed by atoms with Gasteiger partial charge in [-0.3, -0.25) is 4.79 Å². The minimum atomic E-state index is -3.77. The number of rotatable bonds is 7. The summed E-state index contributed by atoms with van der Waals surface area (Å²) in [6.07, 6.45) is 1.66. The summed E-state index contributed by atoms with van der Waals surface area (Å²) >= 11 is 0. The maximum absolute atomic E-state index is 13.1. The number of carbonyl (C=O) groups is 1. The summed E-state index contributed by atoms with van der Waals surface area (Å²) in [6, 6.07) is 13.3. The van der Waals surface area contributed by atoms with Crippen molar-refractivity contribution >= 4 is 21.6 Å². The van der Waals surface area contributed by atoms with Gasteiger partial charge >= 0.3 is 0 Å². The monoisotopic (exact) mass is 414 g/mol. The van der Waals surface area contributed by atoms with Crippen molar-refractivity contribution in [1.82, 2.24) is 14.7 Å². The molecule has 0 radical (unpaired) electrons. The molecular formula is C20H19FN4O3S. The van der Waals surface area contributed by atoms with Gasteiger partial charge in [-0.25, -0.2) is 27.5 Å². The lowest BCUT2D eigenvalue weighted by atomic mass is 10.1. The van der Waals surface area contributed by atoms with Crippen LogP contribution in [-0.2, 0) is 21.4 Å². The van der Waals surface area contributed by atoms with Crippen molar-refractivity contribution in [3.8, 4) is 11.3 Å². The molecular weight excluding hydrogens is 395 g/mol. The van der Waals surface area contributed by atoms with E-state index in [1.807, 2.05) is 0 Å². The van der Waals surface area contributed by atoms with E-state index in [1.165, 1.54) is 42.7 Å². The molecule has 150 valence electrons. The van der Waals surface area contributed by atoms with Gasteiger partial charge in [-0.2, -0.15) is 0 Å². The van der Waals surface area contributed by atoms with Crippen LogP contribution >= 0.6 is 0 Å². The number of anilines is 1. The van der Waals surface area contributed by atoms with E-state index in [1.54, 1.807) is 25.1 Å². The molecule has 1 heterocycles. The molecule has 1 aromatic heterocycles. The second-order valence-electron chi connectivity index (χ2n) is 6.15. The molecule has 0 aliphatic heterocycles. The lowest BCUT2D eigenvalue weighted by Gasteiger charge is -2.09. The normalized spacial score (nSPS) is 11.2. The average Bonchev–Trinajstić information content (AvgIpc) is 2.73. The molecule has 3 rings (SSSR count). The topological polar surface area (TPSA) is 101 Å². The van der Waals surface area contributed by atoms with E-state index >= 15 is 0 Å². The highest BCUT2D eigenvalue weighted by Gasteiger charge is 2.14. The van der Waals surface area contributed by atoms with Gasteiger partial charge in [0.25, 0.3) is 0 Å². The second-order valence-corrected chi connectivity index (χ2v) is 7.92. The molecule has 0 fully saturated rings. The highest BCUT2D eigenvalue weighted by atomic mass is 32.2. The lowest BCUT2D eigenvalue weighted by molar-refractivity contribution is -0.115. The van der Waals surface area contributed by atoms with Gasteiger partial charge in [0.2, 0.25) is 15.9 Å².